The molecule has 1 fully saturated rings. The predicted molar refractivity (Wildman–Crippen MR) is 105 cm³/mol. The van der Waals surface area contributed by atoms with Crippen LogP contribution in [0.5, 0.6) is 0 Å². The summed E-state index contributed by atoms with van der Waals surface area (Å²) in [6.45, 7) is 3.39. The summed E-state index contributed by atoms with van der Waals surface area (Å²) < 4.78 is 6.67. The highest BCUT2D eigenvalue weighted by atomic mass is 35.5. The van der Waals surface area contributed by atoms with Crippen LogP contribution in [0.25, 0.3) is 11.8 Å². The summed E-state index contributed by atoms with van der Waals surface area (Å²) in [6, 6.07) is 9.33. The second-order valence-corrected chi connectivity index (χ2v) is 7.21. The molecule has 1 aliphatic heterocycles. The van der Waals surface area contributed by atoms with Gasteiger partial charge in [0.2, 0.25) is 0 Å². The maximum absolute atomic E-state index is 12.5. The summed E-state index contributed by atoms with van der Waals surface area (Å²) in [7, 11) is 0. The Hall–Kier alpha value is -2.51. The van der Waals surface area contributed by atoms with Crippen molar-refractivity contribution in [3.8, 4) is 5.69 Å². The van der Waals surface area contributed by atoms with Gasteiger partial charge in [0.1, 0.15) is 6.54 Å². The van der Waals surface area contributed by atoms with E-state index < -0.39 is 17.1 Å². The van der Waals surface area contributed by atoms with E-state index in [2.05, 4.69) is 0 Å². The van der Waals surface area contributed by atoms with Crippen molar-refractivity contribution < 1.29 is 19.1 Å². The molecule has 1 saturated heterocycles. The third-order valence-corrected chi connectivity index (χ3v) is 5.27. The molecular formula is C19H17ClN2O4S. The Morgan fingerprint density at radius 3 is 2.78 bits per heavy atom. The van der Waals surface area contributed by atoms with E-state index >= 15 is 0 Å². The molecule has 0 aliphatic carbocycles. The number of esters is 1. The van der Waals surface area contributed by atoms with Crippen molar-refractivity contribution in [3.63, 3.8) is 0 Å². The van der Waals surface area contributed by atoms with Crippen molar-refractivity contribution >= 4 is 46.6 Å². The van der Waals surface area contributed by atoms with E-state index in [1.807, 2.05) is 48.0 Å². The predicted octanol–water partition coefficient (Wildman–Crippen LogP) is 4.04. The van der Waals surface area contributed by atoms with Crippen LogP contribution in [0.4, 0.5) is 4.79 Å². The molecule has 1 aromatic heterocycles. The molecule has 0 spiro atoms. The van der Waals surface area contributed by atoms with Crippen molar-refractivity contribution in [2.75, 3.05) is 13.2 Å². The fourth-order valence-corrected chi connectivity index (χ4v) is 3.58. The first-order valence-corrected chi connectivity index (χ1v) is 9.45. The van der Waals surface area contributed by atoms with Gasteiger partial charge in [-0.3, -0.25) is 19.3 Å². The minimum atomic E-state index is -0.612. The molecule has 0 N–H and O–H groups in total. The van der Waals surface area contributed by atoms with E-state index in [1.54, 1.807) is 13.0 Å². The molecule has 27 heavy (non-hydrogen) atoms. The van der Waals surface area contributed by atoms with Crippen molar-refractivity contribution in [1.82, 2.24) is 9.47 Å². The van der Waals surface area contributed by atoms with Gasteiger partial charge in [-0.1, -0.05) is 17.7 Å². The van der Waals surface area contributed by atoms with Crippen molar-refractivity contribution in [2.24, 2.45) is 0 Å². The highest BCUT2D eigenvalue weighted by molar-refractivity contribution is 8.18. The molecule has 0 saturated carbocycles. The minimum Gasteiger partial charge on any atom is -0.465 e. The lowest BCUT2D eigenvalue weighted by Crippen LogP contribution is -2.34. The summed E-state index contributed by atoms with van der Waals surface area (Å²) >= 11 is 7.01. The monoisotopic (exact) mass is 404 g/mol. The second-order valence-electron chi connectivity index (χ2n) is 5.81. The number of amides is 2. The summed E-state index contributed by atoms with van der Waals surface area (Å²) in [5.41, 5.74) is 2.53. The molecule has 2 aromatic rings. The van der Waals surface area contributed by atoms with E-state index in [0.717, 1.165) is 33.6 Å². The first-order valence-electron chi connectivity index (χ1n) is 8.25. The molecule has 1 aromatic carbocycles. The van der Waals surface area contributed by atoms with E-state index in [4.69, 9.17) is 16.3 Å². The van der Waals surface area contributed by atoms with E-state index in [1.165, 1.54) is 0 Å². The van der Waals surface area contributed by atoms with Crippen molar-refractivity contribution in [3.05, 3.63) is 57.7 Å². The summed E-state index contributed by atoms with van der Waals surface area (Å²) in [5, 5.41) is 0.151. The van der Waals surface area contributed by atoms with Gasteiger partial charge in [-0.25, -0.2) is 0 Å². The summed E-state index contributed by atoms with van der Waals surface area (Å²) in [5.74, 6) is -1.12. The van der Waals surface area contributed by atoms with Gasteiger partial charge >= 0.3 is 5.97 Å². The first kappa shape index (κ1) is 19.3. The first-order chi connectivity index (χ1) is 12.9. The lowest BCUT2D eigenvalue weighted by molar-refractivity contribution is -0.145. The number of aromatic nitrogens is 1. The molecule has 0 atom stereocenters. The summed E-state index contributed by atoms with van der Waals surface area (Å²) in [4.78, 5) is 37.3. The molecule has 140 valence electrons. The normalized spacial score (nSPS) is 15.7. The van der Waals surface area contributed by atoms with Gasteiger partial charge in [0.05, 0.1) is 11.5 Å². The van der Waals surface area contributed by atoms with E-state index in [-0.39, 0.29) is 18.1 Å². The van der Waals surface area contributed by atoms with Gasteiger partial charge in [-0.2, -0.15) is 0 Å². The highest BCUT2D eigenvalue weighted by Gasteiger charge is 2.36. The zero-order valence-corrected chi connectivity index (χ0v) is 16.3. The Morgan fingerprint density at radius 1 is 1.30 bits per heavy atom. The van der Waals surface area contributed by atoms with Crippen LogP contribution in [0.15, 0.2) is 41.4 Å². The van der Waals surface area contributed by atoms with Gasteiger partial charge in [-0.15, -0.1) is 0 Å². The van der Waals surface area contributed by atoms with Gasteiger partial charge in [-0.05, 0) is 61.5 Å². The maximum Gasteiger partial charge on any atom is 0.326 e. The van der Waals surface area contributed by atoms with Crippen LogP contribution in [0.2, 0.25) is 5.02 Å². The smallest absolute Gasteiger partial charge is 0.326 e. The van der Waals surface area contributed by atoms with Crippen LogP contribution in [-0.4, -0.2) is 39.7 Å². The highest BCUT2D eigenvalue weighted by Crippen LogP contribution is 2.32. The number of hydrogen-bond acceptors (Lipinski definition) is 5. The van der Waals surface area contributed by atoms with Crippen LogP contribution in [0, 0.1) is 6.92 Å². The Labute approximate surface area is 165 Å². The number of hydrogen-bond donors (Lipinski definition) is 0. The number of nitrogens with zero attached hydrogens (tertiary/aromatic N) is 2. The molecule has 2 amide bonds. The zero-order valence-electron chi connectivity index (χ0n) is 14.8. The van der Waals surface area contributed by atoms with Gasteiger partial charge < -0.3 is 9.30 Å². The maximum atomic E-state index is 12.5. The molecule has 1 aliphatic rings. The lowest BCUT2D eigenvalue weighted by Gasteiger charge is -2.11. The number of rotatable bonds is 5. The van der Waals surface area contributed by atoms with Crippen LogP contribution in [-0.2, 0) is 14.3 Å². The minimum absolute atomic E-state index is 0.192. The molecule has 3 rings (SSSR count). The Balaban J connectivity index is 1.87. The number of halogens is 1. The SMILES string of the molecule is CCOC(=O)CN1C(=O)S/C(=C/c2cccn2-c2ccc(C)c(Cl)c2)C1=O. The molecule has 8 heteroatoms. The topological polar surface area (TPSA) is 68.6 Å². The molecule has 0 radical (unpaired) electrons. The molecular weight excluding hydrogens is 388 g/mol. The van der Waals surface area contributed by atoms with Crippen molar-refractivity contribution in [1.29, 1.82) is 0 Å². The third kappa shape index (κ3) is 4.09. The molecule has 6 nitrogen and oxygen atoms in total. The number of thioether (sulfide) groups is 1. The van der Waals surface area contributed by atoms with Crippen LogP contribution in [0.3, 0.4) is 0 Å². The van der Waals surface area contributed by atoms with Crippen LogP contribution in [0.1, 0.15) is 18.2 Å². The number of imide groups is 1. The van der Waals surface area contributed by atoms with E-state index in [0.29, 0.717) is 5.02 Å². The number of carbonyl (C=O) groups is 3. The Morgan fingerprint density at radius 2 is 2.07 bits per heavy atom. The zero-order chi connectivity index (χ0) is 19.6. The summed E-state index contributed by atoms with van der Waals surface area (Å²) in [6.07, 6.45) is 3.47. The number of carbonyl (C=O) groups excluding carboxylic acids is 3. The second kappa shape index (κ2) is 8.02. The molecule has 0 bridgehead atoms. The fourth-order valence-electron chi connectivity index (χ4n) is 2.58. The van der Waals surface area contributed by atoms with Crippen LogP contribution < -0.4 is 0 Å². The number of ether oxygens (including phenoxy) is 1. The van der Waals surface area contributed by atoms with Gasteiger partial charge in [0.15, 0.2) is 0 Å². The molecule has 0 unspecified atom stereocenters. The fraction of sp³-hybridized carbons (Fsp3) is 0.211. The quantitative estimate of drug-likeness (QED) is 0.555. The average molecular weight is 405 g/mol. The van der Waals surface area contributed by atoms with Crippen LogP contribution >= 0.6 is 23.4 Å². The van der Waals surface area contributed by atoms with Gasteiger partial charge in [0.25, 0.3) is 11.1 Å². The lowest BCUT2D eigenvalue weighted by atomic mass is 10.2. The van der Waals surface area contributed by atoms with Gasteiger partial charge in [0, 0.05) is 22.6 Å². The van der Waals surface area contributed by atoms with E-state index in [9.17, 15) is 14.4 Å². The molecule has 2 heterocycles. The average Bonchev–Trinajstić information content (AvgIpc) is 3.18. The van der Waals surface area contributed by atoms with Crippen molar-refractivity contribution in [2.45, 2.75) is 13.8 Å². The Bertz CT molecular complexity index is 951. The Kier molecular flexibility index (Phi) is 5.72. The standard InChI is InChI=1S/C19H17ClN2O4S/c1-3-26-17(23)11-22-18(24)16(27-19(22)25)10-13-5-4-8-21(13)14-7-6-12(2)15(20)9-14/h4-10H,3,11H2,1-2H3/b16-10+. The number of aryl methyl sites for hydroxylation is 1. The third-order valence-electron chi connectivity index (χ3n) is 3.96. The number of benzene rings is 1. The largest absolute Gasteiger partial charge is 0.465 e.